The third-order valence-electron chi connectivity index (χ3n) is 1.67. The van der Waals surface area contributed by atoms with Crippen LogP contribution in [-0.2, 0) is 0 Å². The number of aromatic carboxylic acids is 1. The average Bonchev–Trinajstić information content (AvgIpc) is 2.49. The molecule has 0 unspecified atom stereocenters. The van der Waals surface area contributed by atoms with Crippen molar-refractivity contribution in [2.75, 3.05) is 0 Å². The molecule has 0 N–H and O–H groups in total. The van der Waals surface area contributed by atoms with Crippen LogP contribution in [0, 0.1) is 0 Å². The molecule has 0 aliphatic rings. The number of nitrogens with zero attached hydrogens (tertiary/aromatic N) is 2. The number of pyridine rings is 1. The molecule has 6 heteroatoms. The normalized spacial score (nSPS) is 9.79. The largest absolute Gasteiger partial charge is 1.00 e. The van der Waals surface area contributed by atoms with E-state index in [0.29, 0.717) is 10.1 Å². The Kier molecular flexibility index (Phi) is 3.71. The van der Waals surface area contributed by atoms with Crippen LogP contribution in [0.1, 0.15) is 10.4 Å². The maximum atomic E-state index is 10.7. The number of carbonyl (C=O) groups is 1. The number of aromatic nitrogens is 2. The van der Waals surface area contributed by atoms with Gasteiger partial charge in [-0.15, -0.1) is 0 Å². The summed E-state index contributed by atoms with van der Waals surface area (Å²) in [4.78, 5) is 14.6. The molecule has 2 aromatic rings. The molecular formula is C8H4BrN2NaO2. The zero-order chi connectivity index (χ0) is 9.42. The van der Waals surface area contributed by atoms with E-state index in [1.807, 2.05) is 0 Å². The number of carboxylic acids is 1. The Balaban J connectivity index is 0.000000980. The molecule has 66 valence electrons. The van der Waals surface area contributed by atoms with Gasteiger partial charge in [-0.1, -0.05) is 0 Å². The van der Waals surface area contributed by atoms with Crippen LogP contribution in [0.4, 0.5) is 0 Å². The van der Waals surface area contributed by atoms with Gasteiger partial charge < -0.3 is 14.3 Å². The minimum Gasteiger partial charge on any atom is -0.545 e. The first kappa shape index (κ1) is 11.7. The second-order valence-electron chi connectivity index (χ2n) is 2.52. The van der Waals surface area contributed by atoms with E-state index in [1.54, 1.807) is 16.8 Å². The van der Waals surface area contributed by atoms with Gasteiger partial charge in [0.1, 0.15) is 5.65 Å². The molecule has 0 amide bonds. The minimum atomic E-state index is -1.22. The van der Waals surface area contributed by atoms with Crippen molar-refractivity contribution in [2.45, 2.75) is 0 Å². The summed E-state index contributed by atoms with van der Waals surface area (Å²) in [6, 6.07) is 1.47. The number of hydrogen-bond donors (Lipinski definition) is 0. The van der Waals surface area contributed by atoms with Crippen LogP contribution < -0.4 is 34.7 Å². The van der Waals surface area contributed by atoms with Gasteiger partial charge in [0.2, 0.25) is 0 Å². The summed E-state index contributed by atoms with van der Waals surface area (Å²) in [7, 11) is 0. The molecule has 0 fully saturated rings. The molecular weight excluding hydrogens is 259 g/mol. The number of imidazole rings is 1. The zero-order valence-electron chi connectivity index (χ0n) is 7.40. The first-order chi connectivity index (χ1) is 6.18. The maximum absolute atomic E-state index is 10.7. The van der Waals surface area contributed by atoms with E-state index in [-0.39, 0.29) is 35.1 Å². The number of carbonyl (C=O) groups excluding carboxylic acids is 1. The summed E-state index contributed by atoms with van der Waals surface area (Å²) < 4.78 is 2.30. The van der Waals surface area contributed by atoms with Crippen molar-refractivity contribution < 1.29 is 39.5 Å². The van der Waals surface area contributed by atoms with Crippen molar-refractivity contribution in [3.8, 4) is 0 Å². The smallest absolute Gasteiger partial charge is 0.545 e. The van der Waals surface area contributed by atoms with Gasteiger partial charge in [0, 0.05) is 28.6 Å². The summed E-state index contributed by atoms with van der Waals surface area (Å²) in [6.07, 6.45) is 4.94. The Morgan fingerprint density at radius 2 is 2.29 bits per heavy atom. The quantitative estimate of drug-likeness (QED) is 0.533. The Hall–Kier alpha value is -0.360. The van der Waals surface area contributed by atoms with Crippen molar-refractivity contribution in [1.29, 1.82) is 0 Å². The van der Waals surface area contributed by atoms with Gasteiger partial charge in [-0.3, -0.25) is 0 Å². The van der Waals surface area contributed by atoms with Crippen LogP contribution in [0.5, 0.6) is 0 Å². The van der Waals surface area contributed by atoms with Crippen LogP contribution in [0.15, 0.2) is 29.1 Å². The van der Waals surface area contributed by atoms with Crippen molar-refractivity contribution in [3.05, 3.63) is 34.7 Å². The molecule has 0 saturated carbocycles. The van der Waals surface area contributed by atoms with E-state index in [4.69, 9.17) is 0 Å². The van der Waals surface area contributed by atoms with Gasteiger partial charge in [-0.25, -0.2) is 4.98 Å². The van der Waals surface area contributed by atoms with Crippen LogP contribution in [0.25, 0.3) is 5.65 Å². The van der Waals surface area contributed by atoms with Gasteiger partial charge >= 0.3 is 29.6 Å². The Morgan fingerprint density at radius 3 is 2.93 bits per heavy atom. The Morgan fingerprint density at radius 1 is 1.57 bits per heavy atom. The monoisotopic (exact) mass is 262 g/mol. The number of carboxylic acid groups (broad SMARTS) is 1. The minimum absolute atomic E-state index is 0. The van der Waals surface area contributed by atoms with E-state index in [1.165, 1.54) is 12.3 Å². The molecule has 14 heavy (non-hydrogen) atoms. The molecule has 0 saturated heterocycles. The van der Waals surface area contributed by atoms with Crippen LogP contribution in [0.2, 0.25) is 0 Å². The molecule has 0 spiro atoms. The fourth-order valence-electron chi connectivity index (χ4n) is 1.15. The predicted octanol–water partition coefficient (Wildman–Crippen LogP) is -2.54. The molecule has 2 rings (SSSR count). The van der Waals surface area contributed by atoms with Gasteiger partial charge in [-0.2, -0.15) is 0 Å². The van der Waals surface area contributed by atoms with Gasteiger partial charge in [-0.05, 0) is 22.0 Å². The summed E-state index contributed by atoms with van der Waals surface area (Å²) in [6.45, 7) is 0. The van der Waals surface area contributed by atoms with Crippen LogP contribution in [-0.4, -0.2) is 15.4 Å². The van der Waals surface area contributed by atoms with E-state index in [2.05, 4.69) is 20.9 Å². The molecule has 2 aromatic heterocycles. The Bertz CT molecular complexity index is 483. The topological polar surface area (TPSA) is 57.4 Å². The summed E-state index contributed by atoms with van der Waals surface area (Å²) in [5, 5.41) is 10.7. The first-order valence-electron chi connectivity index (χ1n) is 3.52. The van der Waals surface area contributed by atoms with Gasteiger partial charge in [0.05, 0.1) is 5.97 Å². The summed E-state index contributed by atoms with van der Waals surface area (Å²) >= 11 is 3.20. The molecule has 0 radical (unpaired) electrons. The fraction of sp³-hybridized carbons (Fsp3) is 0. The SMILES string of the molecule is O=C([O-])c1cc(Br)cn2ccnc12.[Na+]. The molecule has 0 aromatic carbocycles. The van der Waals surface area contributed by atoms with Crippen molar-refractivity contribution in [3.63, 3.8) is 0 Å². The predicted molar refractivity (Wildman–Crippen MR) is 47.2 cm³/mol. The van der Waals surface area contributed by atoms with Crippen LogP contribution >= 0.6 is 15.9 Å². The molecule has 2 heterocycles. The number of fused-ring (bicyclic) bond motifs is 1. The second-order valence-corrected chi connectivity index (χ2v) is 3.43. The second kappa shape index (κ2) is 4.44. The fourth-order valence-corrected chi connectivity index (χ4v) is 1.60. The van der Waals surface area contributed by atoms with Gasteiger partial charge in [0.25, 0.3) is 0 Å². The first-order valence-corrected chi connectivity index (χ1v) is 4.31. The molecule has 0 bridgehead atoms. The van der Waals surface area contributed by atoms with Crippen molar-refractivity contribution in [1.82, 2.24) is 9.38 Å². The Labute approximate surface area is 110 Å². The summed E-state index contributed by atoms with van der Waals surface area (Å²) in [5.74, 6) is -1.22. The number of hydrogen-bond acceptors (Lipinski definition) is 3. The number of rotatable bonds is 1. The molecule has 4 nitrogen and oxygen atoms in total. The van der Waals surface area contributed by atoms with E-state index in [0.717, 1.165) is 0 Å². The average molecular weight is 263 g/mol. The van der Waals surface area contributed by atoms with E-state index >= 15 is 0 Å². The van der Waals surface area contributed by atoms with Gasteiger partial charge in [0.15, 0.2) is 0 Å². The third kappa shape index (κ3) is 2.00. The summed E-state index contributed by atoms with van der Waals surface area (Å²) in [5.41, 5.74) is 0.475. The van der Waals surface area contributed by atoms with E-state index < -0.39 is 5.97 Å². The third-order valence-corrected chi connectivity index (χ3v) is 2.11. The maximum Gasteiger partial charge on any atom is 1.00 e. The zero-order valence-corrected chi connectivity index (χ0v) is 11.0. The van der Waals surface area contributed by atoms with Crippen molar-refractivity contribution >= 4 is 27.5 Å². The van der Waals surface area contributed by atoms with Crippen LogP contribution in [0.3, 0.4) is 0 Å². The molecule has 0 atom stereocenters. The molecule has 0 aliphatic carbocycles. The van der Waals surface area contributed by atoms with Crippen molar-refractivity contribution in [2.24, 2.45) is 0 Å². The number of halogens is 1. The standard InChI is InChI=1S/C8H5BrN2O2.Na/c9-5-3-6(8(12)13)7-10-1-2-11(7)4-5;/h1-4H,(H,12,13);/q;+1/p-1. The molecule has 0 aliphatic heterocycles. The van der Waals surface area contributed by atoms with E-state index in [9.17, 15) is 9.90 Å².